The average Bonchev–Trinajstić information content (AvgIpc) is 3.02. The van der Waals surface area contributed by atoms with Crippen molar-refractivity contribution in [1.82, 2.24) is 19.4 Å². The molecule has 0 radical (unpaired) electrons. The van der Waals surface area contributed by atoms with Gasteiger partial charge in [0, 0.05) is 39.0 Å². The normalized spacial score (nSPS) is 22.7. The Balaban J connectivity index is 1.46. The van der Waals surface area contributed by atoms with Gasteiger partial charge in [0.05, 0.1) is 0 Å². The Labute approximate surface area is 149 Å². The summed E-state index contributed by atoms with van der Waals surface area (Å²) in [5, 5.41) is 0. The summed E-state index contributed by atoms with van der Waals surface area (Å²) in [7, 11) is 1.73. The van der Waals surface area contributed by atoms with Crippen LogP contribution >= 0.6 is 0 Å². The van der Waals surface area contributed by atoms with Crippen LogP contribution in [0.25, 0.3) is 11.2 Å². The number of imidazole rings is 1. The number of hydrogen-bond acceptors (Lipinski definition) is 4. The molecule has 1 aliphatic carbocycles. The molecule has 1 aliphatic heterocycles. The minimum absolute atomic E-state index is 0.479. The summed E-state index contributed by atoms with van der Waals surface area (Å²) >= 11 is 0. The number of nitrogens with zero attached hydrogens (tertiary/aromatic N) is 4. The van der Waals surface area contributed by atoms with E-state index in [4.69, 9.17) is 9.72 Å². The van der Waals surface area contributed by atoms with E-state index >= 15 is 0 Å². The Morgan fingerprint density at radius 1 is 1.20 bits per heavy atom. The molecule has 134 valence electrons. The van der Waals surface area contributed by atoms with Crippen LogP contribution in [-0.4, -0.2) is 46.2 Å². The lowest BCUT2D eigenvalue weighted by Crippen LogP contribution is -2.38. The number of rotatable bonds is 5. The van der Waals surface area contributed by atoms with Gasteiger partial charge in [0.15, 0.2) is 5.65 Å². The van der Waals surface area contributed by atoms with Crippen LogP contribution in [0.4, 0.5) is 0 Å². The number of piperidine rings is 1. The van der Waals surface area contributed by atoms with E-state index in [0.29, 0.717) is 12.6 Å². The van der Waals surface area contributed by atoms with Gasteiger partial charge in [0.2, 0.25) is 0 Å². The van der Waals surface area contributed by atoms with Crippen molar-refractivity contribution in [3.05, 3.63) is 36.3 Å². The highest BCUT2D eigenvalue weighted by Crippen LogP contribution is 2.29. The first-order valence-electron chi connectivity index (χ1n) is 9.53. The predicted molar refractivity (Wildman–Crippen MR) is 99.4 cm³/mol. The molecule has 2 aliphatic rings. The van der Waals surface area contributed by atoms with Gasteiger partial charge in [-0.3, -0.25) is 0 Å². The van der Waals surface area contributed by atoms with E-state index < -0.39 is 0 Å². The highest BCUT2D eigenvalue weighted by molar-refractivity contribution is 5.71. The van der Waals surface area contributed by atoms with Crippen molar-refractivity contribution in [2.24, 2.45) is 5.92 Å². The van der Waals surface area contributed by atoms with E-state index in [1.54, 1.807) is 7.11 Å². The summed E-state index contributed by atoms with van der Waals surface area (Å²) in [6, 6.07) is 4.48. The molecular formula is C20H28N4O. The minimum atomic E-state index is 0.479. The second-order valence-corrected chi connectivity index (χ2v) is 7.36. The molecule has 0 aromatic carbocycles. The van der Waals surface area contributed by atoms with Crippen LogP contribution in [0.1, 0.15) is 44.0 Å². The molecule has 1 saturated heterocycles. The van der Waals surface area contributed by atoms with Crippen LogP contribution in [0, 0.1) is 5.92 Å². The fraction of sp³-hybridized carbons (Fsp3) is 0.600. The molecule has 0 amide bonds. The maximum atomic E-state index is 5.38. The third-order valence-electron chi connectivity index (χ3n) is 5.61. The van der Waals surface area contributed by atoms with Crippen LogP contribution in [0.15, 0.2) is 30.5 Å². The Morgan fingerprint density at radius 3 is 2.84 bits per heavy atom. The zero-order chi connectivity index (χ0) is 17.1. The lowest BCUT2D eigenvalue weighted by atomic mass is 9.93. The van der Waals surface area contributed by atoms with Gasteiger partial charge < -0.3 is 14.2 Å². The van der Waals surface area contributed by atoms with Crippen LogP contribution in [-0.2, 0) is 11.3 Å². The number of allylic oxidation sites excluding steroid dienone is 2. The molecule has 2 aromatic heterocycles. The van der Waals surface area contributed by atoms with E-state index in [1.807, 2.05) is 18.3 Å². The van der Waals surface area contributed by atoms with Crippen LogP contribution in [0.3, 0.4) is 0 Å². The first kappa shape index (κ1) is 16.7. The topological polar surface area (TPSA) is 43.2 Å². The molecule has 4 rings (SSSR count). The van der Waals surface area contributed by atoms with Crippen molar-refractivity contribution in [2.45, 2.75) is 44.8 Å². The summed E-state index contributed by atoms with van der Waals surface area (Å²) in [5.41, 5.74) is 1.98. The molecule has 1 atom stereocenters. The second-order valence-electron chi connectivity index (χ2n) is 7.36. The van der Waals surface area contributed by atoms with Gasteiger partial charge in [-0.25, -0.2) is 9.97 Å². The molecule has 0 saturated carbocycles. The number of methoxy groups -OCH3 is 1. The first-order valence-corrected chi connectivity index (χ1v) is 9.53. The third kappa shape index (κ3) is 3.62. The van der Waals surface area contributed by atoms with Gasteiger partial charge in [-0.15, -0.1) is 0 Å². The zero-order valence-corrected chi connectivity index (χ0v) is 15.1. The molecule has 1 fully saturated rings. The first-order chi connectivity index (χ1) is 12.3. The highest BCUT2D eigenvalue weighted by atomic mass is 16.5. The summed E-state index contributed by atoms with van der Waals surface area (Å²) < 4.78 is 7.72. The van der Waals surface area contributed by atoms with Gasteiger partial charge in [-0.2, -0.15) is 0 Å². The quantitative estimate of drug-likeness (QED) is 0.781. The van der Waals surface area contributed by atoms with Gasteiger partial charge in [0.1, 0.15) is 17.9 Å². The van der Waals surface area contributed by atoms with Gasteiger partial charge >= 0.3 is 0 Å². The summed E-state index contributed by atoms with van der Waals surface area (Å²) in [5.74, 6) is 1.86. The standard InChI is InChI=1S/C20H28N4O/c1-25-15-19-22-18-8-5-11-21-20(18)24(19)17-9-12-23(13-10-17)14-16-6-3-2-4-7-16/h2-3,5,8,11,16-17H,4,6-7,9-10,12-15H2,1H3. The lowest BCUT2D eigenvalue weighted by Gasteiger charge is -2.35. The average molecular weight is 340 g/mol. The maximum absolute atomic E-state index is 5.38. The monoisotopic (exact) mass is 340 g/mol. The number of aromatic nitrogens is 3. The van der Waals surface area contributed by atoms with Crippen molar-refractivity contribution in [3.8, 4) is 0 Å². The largest absolute Gasteiger partial charge is 0.377 e. The molecule has 0 spiro atoms. The predicted octanol–water partition coefficient (Wildman–Crippen LogP) is 3.57. The lowest BCUT2D eigenvalue weighted by molar-refractivity contribution is 0.146. The summed E-state index contributed by atoms with van der Waals surface area (Å²) in [4.78, 5) is 12.0. The Bertz CT molecular complexity index is 730. The number of likely N-dealkylation sites (tertiary alicyclic amines) is 1. The Hall–Kier alpha value is -1.72. The van der Waals surface area contributed by atoms with E-state index in [2.05, 4.69) is 26.6 Å². The molecule has 25 heavy (non-hydrogen) atoms. The molecule has 5 heteroatoms. The number of ether oxygens (including phenoxy) is 1. The van der Waals surface area contributed by atoms with Gasteiger partial charge in [0.25, 0.3) is 0 Å². The Kier molecular flexibility index (Phi) is 5.13. The third-order valence-corrected chi connectivity index (χ3v) is 5.61. The van der Waals surface area contributed by atoms with Crippen molar-refractivity contribution >= 4 is 11.2 Å². The summed E-state index contributed by atoms with van der Waals surface area (Å²) in [6.07, 6.45) is 12.8. The van der Waals surface area contributed by atoms with Crippen molar-refractivity contribution in [1.29, 1.82) is 0 Å². The van der Waals surface area contributed by atoms with E-state index in [-0.39, 0.29) is 0 Å². The second kappa shape index (κ2) is 7.67. The molecule has 0 bridgehead atoms. The maximum Gasteiger partial charge on any atom is 0.160 e. The van der Waals surface area contributed by atoms with Crippen molar-refractivity contribution < 1.29 is 4.74 Å². The molecule has 5 nitrogen and oxygen atoms in total. The number of hydrogen-bond donors (Lipinski definition) is 0. The van der Waals surface area contributed by atoms with Crippen LogP contribution < -0.4 is 0 Å². The number of fused-ring (bicyclic) bond motifs is 1. The van der Waals surface area contributed by atoms with E-state index in [1.165, 1.54) is 51.7 Å². The van der Waals surface area contributed by atoms with E-state index in [0.717, 1.165) is 22.9 Å². The molecule has 3 heterocycles. The number of pyridine rings is 1. The fourth-order valence-corrected chi connectivity index (χ4v) is 4.34. The smallest absolute Gasteiger partial charge is 0.160 e. The van der Waals surface area contributed by atoms with Gasteiger partial charge in [-0.1, -0.05) is 12.2 Å². The molecular weight excluding hydrogens is 312 g/mol. The SMILES string of the molecule is COCc1nc2cccnc2n1C1CCN(CC2CC=CCC2)CC1. The van der Waals surface area contributed by atoms with E-state index in [9.17, 15) is 0 Å². The highest BCUT2D eigenvalue weighted by Gasteiger charge is 2.26. The van der Waals surface area contributed by atoms with Crippen LogP contribution in [0.5, 0.6) is 0 Å². The Morgan fingerprint density at radius 2 is 2.08 bits per heavy atom. The van der Waals surface area contributed by atoms with Crippen molar-refractivity contribution in [3.63, 3.8) is 0 Å². The van der Waals surface area contributed by atoms with Crippen molar-refractivity contribution in [2.75, 3.05) is 26.7 Å². The minimum Gasteiger partial charge on any atom is -0.377 e. The molecule has 1 unspecified atom stereocenters. The molecule has 0 N–H and O–H groups in total. The van der Waals surface area contributed by atoms with Crippen LogP contribution in [0.2, 0.25) is 0 Å². The summed E-state index contributed by atoms with van der Waals surface area (Å²) in [6.45, 7) is 4.14. The fourth-order valence-electron chi connectivity index (χ4n) is 4.34. The zero-order valence-electron chi connectivity index (χ0n) is 15.1. The van der Waals surface area contributed by atoms with Gasteiger partial charge in [-0.05, 0) is 50.2 Å². The molecule has 2 aromatic rings.